The summed E-state index contributed by atoms with van der Waals surface area (Å²) in [5.41, 5.74) is 3.60. The molecule has 3 amide bonds. The van der Waals surface area contributed by atoms with Crippen LogP contribution < -0.4 is 5.32 Å². The number of halogens is 1. The van der Waals surface area contributed by atoms with Crippen molar-refractivity contribution in [2.75, 3.05) is 0 Å². The molecule has 5 rings (SSSR count). The zero-order valence-corrected chi connectivity index (χ0v) is 18.4. The fourth-order valence-corrected chi connectivity index (χ4v) is 6.22. The lowest BCUT2D eigenvalue weighted by molar-refractivity contribution is -0.138. The Morgan fingerprint density at radius 2 is 1.66 bits per heavy atom. The van der Waals surface area contributed by atoms with E-state index in [4.69, 9.17) is 0 Å². The van der Waals surface area contributed by atoms with E-state index >= 15 is 0 Å². The molecule has 1 fully saturated rings. The molecule has 29 heavy (non-hydrogen) atoms. The van der Waals surface area contributed by atoms with E-state index in [-0.39, 0.29) is 23.4 Å². The number of carbonyl (C=O) groups excluding carboxylic acids is 2. The zero-order chi connectivity index (χ0) is 20.4. The summed E-state index contributed by atoms with van der Waals surface area (Å²) in [6, 6.07) is 14.4. The SMILES string of the molecule is CC(C)N1C(=O)NC2(C1=O)c1cc(Br)ccc1CC21CCc2ccccc2CC1. The van der Waals surface area contributed by atoms with Gasteiger partial charge in [-0.1, -0.05) is 46.3 Å². The third-order valence-electron chi connectivity index (χ3n) is 7.23. The number of aryl methyl sites for hydroxylation is 2. The number of rotatable bonds is 1. The van der Waals surface area contributed by atoms with Gasteiger partial charge in [0.05, 0.1) is 0 Å². The quantitative estimate of drug-likeness (QED) is 0.635. The number of benzene rings is 2. The molecular formula is C24H25BrN2O2. The molecule has 2 aliphatic carbocycles. The highest BCUT2D eigenvalue weighted by Crippen LogP contribution is 2.59. The molecule has 150 valence electrons. The van der Waals surface area contributed by atoms with E-state index in [9.17, 15) is 9.59 Å². The van der Waals surface area contributed by atoms with Gasteiger partial charge in [0.25, 0.3) is 5.91 Å². The number of nitrogens with zero attached hydrogens (tertiary/aromatic N) is 1. The van der Waals surface area contributed by atoms with Gasteiger partial charge in [-0.05, 0) is 80.3 Å². The molecule has 0 bridgehead atoms. The Labute approximate surface area is 179 Å². The van der Waals surface area contributed by atoms with Gasteiger partial charge in [-0.3, -0.25) is 9.69 Å². The van der Waals surface area contributed by atoms with E-state index < -0.39 is 5.54 Å². The van der Waals surface area contributed by atoms with E-state index in [0.29, 0.717) is 0 Å². The van der Waals surface area contributed by atoms with Crippen LogP contribution in [-0.4, -0.2) is 22.9 Å². The van der Waals surface area contributed by atoms with Crippen LogP contribution >= 0.6 is 15.9 Å². The highest BCUT2D eigenvalue weighted by molar-refractivity contribution is 9.10. The predicted molar refractivity (Wildman–Crippen MR) is 116 cm³/mol. The number of amides is 3. The van der Waals surface area contributed by atoms with Crippen LogP contribution in [0.3, 0.4) is 0 Å². The Hall–Kier alpha value is -2.14. The first-order valence-corrected chi connectivity index (χ1v) is 11.2. The number of hydrogen-bond donors (Lipinski definition) is 1. The molecule has 2 aromatic carbocycles. The van der Waals surface area contributed by atoms with Crippen LogP contribution in [0.5, 0.6) is 0 Å². The topological polar surface area (TPSA) is 49.4 Å². The van der Waals surface area contributed by atoms with Crippen LogP contribution in [0.1, 0.15) is 48.9 Å². The van der Waals surface area contributed by atoms with Crippen LogP contribution in [0.4, 0.5) is 4.79 Å². The summed E-state index contributed by atoms with van der Waals surface area (Å²) < 4.78 is 0.939. The molecule has 0 saturated carbocycles. The maximum atomic E-state index is 13.9. The van der Waals surface area contributed by atoms with Gasteiger partial charge < -0.3 is 5.32 Å². The minimum Gasteiger partial charge on any atom is -0.319 e. The highest BCUT2D eigenvalue weighted by Gasteiger charge is 2.67. The molecule has 0 aromatic heterocycles. The molecule has 1 saturated heterocycles. The molecule has 1 heterocycles. The van der Waals surface area contributed by atoms with Gasteiger partial charge in [0, 0.05) is 15.9 Å². The number of carbonyl (C=O) groups is 2. The van der Waals surface area contributed by atoms with Crippen LogP contribution in [0.2, 0.25) is 0 Å². The van der Waals surface area contributed by atoms with Gasteiger partial charge >= 0.3 is 6.03 Å². The summed E-state index contributed by atoms with van der Waals surface area (Å²) in [5, 5.41) is 3.23. The summed E-state index contributed by atoms with van der Waals surface area (Å²) in [6.07, 6.45) is 4.44. The Kier molecular flexibility index (Phi) is 4.18. The fraction of sp³-hybridized carbons (Fsp3) is 0.417. The number of urea groups is 1. The van der Waals surface area contributed by atoms with E-state index in [1.165, 1.54) is 21.6 Å². The maximum Gasteiger partial charge on any atom is 0.325 e. The van der Waals surface area contributed by atoms with Crippen LogP contribution in [0.15, 0.2) is 46.9 Å². The molecule has 3 aliphatic rings. The molecule has 1 aliphatic heterocycles. The molecule has 4 nitrogen and oxygen atoms in total. The normalized spacial score (nSPS) is 24.8. The molecule has 0 radical (unpaired) electrons. The second kappa shape index (κ2) is 6.43. The van der Waals surface area contributed by atoms with Crippen molar-refractivity contribution >= 4 is 27.9 Å². The first-order chi connectivity index (χ1) is 13.9. The Balaban J connectivity index is 1.69. The average Bonchev–Trinajstić information content (AvgIpc) is 3.01. The lowest BCUT2D eigenvalue weighted by Gasteiger charge is -2.42. The Morgan fingerprint density at radius 3 is 2.24 bits per heavy atom. The van der Waals surface area contributed by atoms with Crippen molar-refractivity contribution in [2.24, 2.45) is 5.41 Å². The first-order valence-electron chi connectivity index (χ1n) is 10.4. The summed E-state index contributed by atoms with van der Waals surface area (Å²) in [5.74, 6) is -0.0830. The summed E-state index contributed by atoms with van der Waals surface area (Å²) in [7, 11) is 0. The van der Waals surface area contributed by atoms with Crippen molar-refractivity contribution in [1.82, 2.24) is 10.2 Å². The third-order valence-corrected chi connectivity index (χ3v) is 7.73. The van der Waals surface area contributed by atoms with Crippen LogP contribution in [-0.2, 0) is 29.6 Å². The number of hydrogen-bond acceptors (Lipinski definition) is 2. The minimum absolute atomic E-state index is 0.0830. The molecule has 5 heteroatoms. The Morgan fingerprint density at radius 1 is 1.00 bits per heavy atom. The van der Waals surface area contributed by atoms with Gasteiger partial charge in [-0.15, -0.1) is 0 Å². The van der Waals surface area contributed by atoms with Crippen molar-refractivity contribution < 1.29 is 9.59 Å². The van der Waals surface area contributed by atoms with Gasteiger partial charge in [-0.25, -0.2) is 4.79 Å². The Bertz CT molecular complexity index is 1000. The fourth-order valence-electron chi connectivity index (χ4n) is 5.86. The zero-order valence-electron chi connectivity index (χ0n) is 16.8. The van der Waals surface area contributed by atoms with Crippen molar-refractivity contribution in [3.8, 4) is 0 Å². The van der Waals surface area contributed by atoms with E-state index in [1.807, 2.05) is 26.0 Å². The van der Waals surface area contributed by atoms with Crippen molar-refractivity contribution in [3.05, 3.63) is 69.2 Å². The lowest BCUT2D eigenvalue weighted by Crippen LogP contribution is -2.55. The van der Waals surface area contributed by atoms with E-state index in [2.05, 4.69) is 51.6 Å². The maximum absolute atomic E-state index is 13.9. The predicted octanol–water partition coefficient (Wildman–Crippen LogP) is 4.73. The molecule has 2 spiro atoms. The van der Waals surface area contributed by atoms with Gasteiger partial charge in [0.15, 0.2) is 5.54 Å². The van der Waals surface area contributed by atoms with Gasteiger partial charge in [0.1, 0.15) is 0 Å². The molecule has 1 atom stereocenters. The van der Waals surface area contributed by atoms with Crippen LogP contribution in [0, 0.1) is 5.41 Å². The van der Waals surface area contributed by atoms with Crippen molar-refractivity contribution in [1.29, 1.82) is 0 Å². The monoisotopic (exact) mass is 452 g/mol. The summed E-state index contributed by atoms with van der Waals surface area (Å²) >= 11 is 3.59. The van der Waals surface area contributed by atoms with E-state index in [0.717, 1.165) is 42.1 Å². The van der Waals surface area contributed by atoms with Crippen LogP contribution in [0.25, 0.3) is 0 Å². The number of nitrogens with one attached hydrogen (secondary N) is 1. The molecule has 2 aromatic rings. The average molecular weight is 453 g/mol. The highest BCUT2D eigenvalue weighted by atomic mass is 79.9. The lowest BCUT2D eigenvalue weighted by atomic mass is 9.65. The molecule has 1 unspecified atom stereocenters. The third kappa shape index (κ3) is 2.49. The van der Waals surface area contributed by atoms with Crippen molar-refractivity contribution in [3.63, 3.8) is 0 Å². The van der Waals surface area contributed by atoms with E-state index in [1.54, 1.807) is 0 Å². The smallest absolute Gasteiger partial charge is 0.319 e. The summed E-state index contributed by atoms with van der Waals surface area (Å²) in [4.78, 5) is 28.4. The van der Waals surface area contributed by atoms with Gasteiger partial charge in [0.2, 0.25) is 0 Å². The van der Waals surface area contributed by atoms with Crippen molar-refractivity contribution in [2.45, 2.75) is 57.5 Å². The first kappa shape index (κ1) is 18.9. The minimum atomic E-state index is -0.977. The number of fused-ring (bicyclic) bond motifs is 4. The second-order valence-corrected chi connectivity index (χ2v) is 9.89. The van der Waals surface area contributed by atoms with Gasteiger partial charge in [-0.2, -0.15) is 0 Å². The largest absolute Gasteiger partial charge is 0.325 e. The standard InChI is InChI=1S/C24H25BrN2O2/c1-15(2)27-21(28)24(26-22(27)29)20-13-19(25)8-7-18(20)14-23(24)11-9-16-5-3-4-6-17(16)10-12-23/h3-8,13,15H,9-12,14H2,1-2H3,(H,26,29). The molecule has 1 N–H and O–H groups in total. The summed E-state index contributed by atoms with van der Waals surface area (Å²) in [6.45, 7) is 3.81. The second-order valence-electron chi connectivity index (χ2n) is 8.98. The molecular weight excluding hydrogens is 428 g/mol. The number of imide groups is 1.